The number of nitrogens with one attached hydrogen (secondary N) is 3. The lowest BCUT2D eigenvalue weighted by Gasteiger charge is -2.07. The van der Waals surface area contributed by atoms with Gasteiger partial charge in [0.25, 0.3) is 0 Å². The number of H-pyrrole nitrogens is 1. The first-order chi connectivity index (χ1) is 32.3. The lowest BCUT2D eigenvalue weighted by atomic mass is 10.1. The quantitative estimate of drug-likeness (QED) is 0.0930. The van der Waals surface area contributed by atoms with Crippen LogP contribution in [0.5, 0.6) is 0 Å². The van der Waals surface area contributed by atoms with E-state index in [1.165, 1.54) is 33.7 Å². The average molecular weight is 1040 g/mol. The van der Waals surface area contributed by atoms with Crippen LogP contribution in [0.1, 0.15) is 22.6 Å². The van der Waals surface area contributed by atoms with Crippen molar-refractivity contribution in [2.45, 2.75) is 36.7 Å². The molecule has 0 spiro atoms. The summed E-state index contributed by atoms with van der Waals surface area (Å²) in [5, 5.41) is 17.9. The maximum absolute atomic E-state index is 14.9. The number of rotatable bonds is 13. The first-order valence-electron chi connectivity index (χ1n) is 20.0. The Labute approximate surface area is 391 Å². The van der Waals surface area contributed by atoms with Gasteiger partial charge < -0.3 is 28.8 Å². The van der Waals surface area contributed by atoms with Crippen LogP contribution in [0.4, 0.5) is 29.2 Å². The molecule has 9 rings (SSSR count). The lowest BCUT2D eigenvalue weighted by Crippen LogP contribution is -2.23. The van der Waals surface area contributed by atoms with E-state index in [9.17, 15) is 44.0 Å². The van der Waals surface area contributed by atoms with E-state index in [-0.39, 0.29) is 46.5 Å². The number of fused-ring (bicyclic) bond motifs is 2. The van der Waals surface area contributed by atoms with Crippen molar-refractivity contribution in [3.05, 3.63) is 160 Å². The van der Waals surface area contributed by atoms with Crippen LogP contribution in [0.15, 0.2) is 133 Å². The fourth-order valence-electron chi connectivity index (χ4n) is 7.34. The highest BCUT2D eigenvalue weighted by atomic mass is 79.9. The average Bonchev–Trinajstić information content (AvgIpc) is 4.11. The third kappa shape index (κ3) is 10.6. The number of halogens is 5. The lowest BCUT2D eigenvalue weighted by molar-refractivity contribution is -0.114. The van der Waals surface area contributed by atoms with E-state index < -0.39 is 76.1 Å². The number of amides is 2. The van der Waals surface area contributed by atoms with Gasteiger partial charge in [-0.15, -0.1) is 0 Å². The number of carbonyl (C=O) groups excluding carboxylic acids is 2. The van der Waals surface area contributed by atoms with Gasteiger partial charge in [0.2, 0.25) is 11.8 Å². The molecule has 5 heterocycles. The monoisotopic (exact) mass is 1030 g/mol. The third-order valence-corrected chi connectivity index (χ3v) is 13.9. The summed E-state index contributed by atoms with van der Waals surface area (Å²) >= 11 is 3.36. The van der Waals surface area contributed by atoms with Crippen LogP contribution in [0.3, 0.4) is 0 Å². The molecule has 0 bridgehead atoms. The zero-order valence-corrected chi connectivity index (χ0v) is 38.6. The van der Waals surface area contributed by atoms with Gasteiger partial charge in [-0.25, -0.2) is 34.4 Å². The molecule has 16 nitrogen and oxygen atoms in total. The third-order valence-electron chi connectivity index (χ3n) is 10.2. The first-order valence-corrected chi connectivity index (χ1v) is 24.1. The Hall–Kier alpha value is -7.37. The van der Waals surface area contributed by atoms with Crippen molar-refractivity contribution in [1.82, 2.24) is 29.6 Å². The fourth-order valence-corrected chi connectivity index (χ4v) is 10.5. The van der Waals surface area contributed by atoms with E-state index in [1.807, 2.05) is 36.4 Å². The van der Waals surface area contributed by atoms with E-state index >= 15 is 0 Å². The molecule has 0 aliphatic heterocycles. The van der Waals surface area contributed by atoms with Crippen LogP contribution in [0, 0.1) is 37.1 Å². The van der Waals surface area contributed by atoms with Gasteiger partial charge in [0, 0.05) is 66.0 Å². The highest BCUT2D eigenvalue weighted by molar-refractivity contribution is 9.10. The second-order valence-corrected chi connectivity index (χ2v) is 20.2. The van der Waals surface area contributed by atoms with Gasteiger partial charge in [0.15, 0.2) is 31.3 Å². The molecule has 5 aromatic heterocycles. The topological polar surface area (TPSA) is 217 Å². The van der Waals surface area contributed by atoms with Crippen molar-refractivity contribution in [3.8, 4) is 11.1 Å². The van der Waals surface area contributed by atoms with Crippen LogP contribution < -0.4 is 10.6 Å². The highest BCUT2D eigenvalue weighted by Crippen LogP contribution is 2.33. The molecule has 0 aliphatic carbocycles. The molecule has 23 heteroatoms. The minimum absolute atomic E-state index is 0.0484. The Morgan fingerprint density at radius 1 is 0.662 bits per heavy atom. The molecule has 68 heavy (non-hydrogen) atoms. The molecule has 2 amide bonds. The molecule has 0 aliphatic rings. The number of hydrogen-bond acceptors (Lipinski definition) is 11. The molecular formula is C45H35BrF4N8O8S2. The molecule has 350 valence electrons. The fraction of sp³-hybridized carbons (Fsp3) is 0.133. The molecular weight excluding hydrogens is 1000 g/mol. The number of aryl methyl sites for hydroxylation is 2. The predicted molar refractivity (Wildman–Crippen MR) is 244 cm³/mol. The molecule has 3 N–H and O–H groups in total. The molecule has 0 unspecified atom stereocenters. The van der Waals surface area contributed by atoms with Crippen LogP contribution >= 0.6 is 15.9 Å². The van der Waals surface area contributed by atoms with Gasteiger partial charge >= 0.3 is 0 Å². The van der Waals surface area contributed by atoms with Crippen molar-refractivity contribution >= 4 is 80.9 Å². The molecule has 0 saturated heterocycles. The van der Waals surface area contributed by atoms with Gasteiger partial charge in [0.05, 0.1) is 37.8 Å². The normalized spacial score (nSPS) is 11.8. The summed E-state index contributed by atoms with van der Waals surface area (Å²) in [6, 6.07) is 20.8. The van der Waals surface area contributed by atoms with Crippen molar-refractivity contribution in [2.24, 2.45) is 0 Å². The Morgan fingerprint density at radius 2 is 1.15 bits per heavy atom. The van der Waals surface area contributed by atoms with E-state index in [2.05, 4.69) is 47.1 Å². The highest BCUT2D eigenvalue weighted by Gasteiger charge is 2.29. The van der Waals surface area contributed by atoms with Crippen LogP contribution in [-0.2, 0) is 42.4 Å². The minimum atomic E-state index is -4.32. The maximum atomic E-state index is 14.9. The number of anilines is 2. The van der Waals surface area contributed by atoms with E-state index in [0.29, 0.717) is 23.7 Å². The molecule has 0 atom stereocenters. The second kappa shape index (κ2) is 19.1. The second-order valence-electron chi connectivity index (χ2n) is 15.4. The minimum Gasteiger partial charge on any atom is -0.360 e. The molecule has 0 radical (unpaired) electrons. The smallest absolute Gasteiger partial charge is 0.241 e. The summed E-state index contributed by atoms with van der Waals surface area (Å²) in [7, 11) is -8.59. The Morgan fingerprint density at radius 3 is 1.59 bits per heavy atom. The summed E-state index contributed by atoms with van der Waals surface area (Å²) in [4.78, 5) is 23.9. The van der Waals surface area contributed by atoms with Crippen LogP contribution in [0.2, 0.25) is 0 Å². The van der Waals surface area contributed by atoms with Gasteiger partial charge in [-0.2, -0.15) is 5.10 Å². The van der Waals surface area contributed by atoms with Crippen molar-refractivity contribution < 1.29 is 53.0 Å². The number of benzene rings is 4. The standard InChI is InChI=1S/C24H19F2N5O4S.C21H16BrF2N3O4S/c1-14-5-22(30-35-14)29-23(32)13-36(33,34)21-12-31(20-8-18(25)7-19(26)24(20)21)11-15-3-2-4-16(6-15)17-9-27-28-10-17;1-12-5-19(26-31-12)25-20(28)11-32(29,30)18-10-27(9-13-3-2-4-14(22)6-13)17-8-15(23)7-16(24)21(17)18/h2-10,12H,11,13H2,1H3,(H,27,28)(H,29,30,32);2-8,10H,9,11H2,1H3,(H,25,26,28). The van der Waals surface area contributed by atoms with Gasteiger partial charge in [-0.1, -0.05) is 56.6 Å². The number of sulfone groups is 2. The maximum Gasteiger partial charge on any atom is 0.241 e. The first kappa shape index (κ1) is 47.1. The zero-order chi connectivity index (χ0) is 48.5. The molecule has 4 aromatic carbocycles. The van der Waals surface area contributed by atoms with Gasteiger partial charge in [0.1, 0.15) is 46.3 Å². The van der Waals surface area contributed by atoms with Crippen LogP contribution in [0.25, 0.3) is 32.9 Å². The number of nitrogens with zero attached hydrogens (tertiary/aromatic N) is 5. The number of aromatic nitrogens is 6. The predicted octanol–water partition coefficient (Wildman–Crippen LogP) is 8.51. The summed E-state index contributed by atoms with van der Waals surface area (Å²) < 4.78 is 123. The molecule has 0 fully saturated rings. The summed E-state index contributed by atoms with van der Waals surface area (Å²) in [5.74, 6) is -6.44. The molecule has 0 saturated carbocycles. The Bertz CT molecular complexity index is 3610. The summed E-state index contributed by atoms with van der Waals surface area (Å²) in [5.41, 5.74) is 3.37. The van der Waals surface area contributed by atoms with Gasteiger partial charge in [-0.3, -0.25) is 14.7 Å². The van der Waals surface area contributed by atoms with E-state index in [0.717, 1.165) is 38.9 Å². The van der Waals surface area contributed by atoms with Gasteiger partial charge in [-0.05, 0) is 60.9 Å². The number of aromatic amines is 1. The van der Waals surface area contributed by atoms with Crippen molar-refractivity contribution in [1.29, 1.82) is 0 Å². The number of carbonyl (C=O) groups is 2. The molecule has 9 aromatic rings. The summed E-state index contributed by atoms with van der Waals surface area (Å²) in [6.45, 7) is 3.52. The number of hydrogen-bond donors (Lipinski definition) is 3. The SMILES string of the molecule is Cc1cc(NC(=O)CS(=O)(=O)c2cn(Cc3cccc(-c4cn[nH]c4)c3)c3cc(F)cc(F)c23)no1.Cc1cc(NC(=O)CS(=O)(=O)c2cn(Cc3cccc(Br)c3)c3cc(F)cc(F)c23)no1. The van der Waals surface area contributed by atoms with Crippen LogP contribution in [-0.4, -0.2) is 69.8 Å². The summed E-state index contributed by atoms with van der Waals surface area (Å²) in [6.07, 6.45) is 5.83. The van der Waals surface area contributed by atoms with E-state index in [1.54, 1.807) is 38.4 Å². The van der Waals surface area contributed by atoms with Crippen molar-refractivity contribution in [2.75, 3.05) is 22.1 Å². The van der Waals surface area contributed by atoms with E-state index in [4.69, 9.17) is 9.05 Å². The van der Waals surface area contributed by atoms with Crippen molar-refractivity contribution in [3.63, 3.8) is 0 Å². The Kier molecular flexibility index (Phi) is 13.2. The Balaban J connectivity index is 0.000000185. The largest absolute Gasteiger partial charge is 0.360 e. The zero-order valence-electron chi connectivity index (χ0n) is 35.4.